The van der Waals surface area contributed by atoms with Gasteiger partial charge in [0.25, 0.3) is 0 Å². The summed E-state index contributed by atoms with van der Waals surface area (Å²) in [5.41, 5.74) is 3.33. The molecule has 1 N–H and O–H groups in total. The van der Waals surface area contributed by atoms with Crippen LogP contribution in [0.25, 0.3) is 0 Å². The predicted octanol–water partition coefficient (Wildman–Crippen LogP) is 2.92. The van der Waals surface area contributed by atoms with Crippen molar-refractivity contribution < 1.29 is 17.9 Å². The van der Waals surface area contributed by atoms with Crippen LogP contribution in [0.3, 0.4) is 0 Å². The van der Waals surface area contributed by atoms with E-state index in [0.29, 0.717) is 12.1 Å². The van der Waals surface area contributed by atoms with Gasteiger partial charge in [-0.15, -0.1) is 0 Å². The maximum absolute atomic E-state index is 12.6. The Bertz CT molecular complexity index is 940. The summed E-state index contributed by atoms with van der Waals surface area (Å²) in [7, 11) is -3.67. The van der Waals surface area contributed by atoms with Crippen LogP contribution in [0.2, 0.25) is 0 Å². The van der Waals surface area contributed by atoms with Crippen LogP contribution >= 0.6 is 0 Å². The van der Waals surface area contributed by atoms with Gasteiger partial charge in [0.2, 0.25) is 10.0 Å². The Kier molecular flexibility index (Phi) is 5.02. The maximum Gasteiger partial charge on any atom is 0.414 e. The number of benzene rings is 2. The lowest BCUT2D eigenvalue weighted by molar-refractivity contribution is 0.143. The highest BCUT2D eigenvalue weighted by atomic mass is 32.2. The zero-order valence-electron chi connectivity index (χ0n) is 15.0. The molecule has 1 atom stereocenters. The van der Waals surface area contributed by atoms with E-state index in [1.54, 1.807) is 19.1 Å². The van der Waals surface area contributed by atoms with E-state index in [9.17, 15) is 13.2 Å². The van der Waals surface area contributed by atoms with E-state index in [1.165, 1.54) is 4.90 Å². The van der Waals surface area contributed by atoms with Gasteiger partial charge in [0.15, 0.2) is 0 Å². The van der Waals surface area contributed by atoms with Crippen LogP contribution in [0.15, 0.2) is 47.4 Å². The summed E-state index contributed by atoms with van der Waals surface area (Å²) >= 11 is 0. The third-order valence-electron chi connectivity index (χ3n) is 4.32. The molecule has 0 saturated carbocycles. The third-order valence-corrected chi connectivity index (χ3v) is 5.89. The van der Waals surface area contributed by atoms with E-state index in [4.69, 9.17) is 4.74 Å². The molecule has 1 aliphatic heterocycles. The second-order valence-electron chi connectivity index (χ2n) is 6.58. The summed E-state index contributed by atoms with van der Waals surface area (Å²) in [6.45, 7) is 5.88. The summed E-state index contributed by atoms with van der Waals surface area (Å²) < 4.78 is 33.0. The first kappa shape index (κ1) is 18.4. The molecule has 1 unspecified atom stereocenters. The van der Waals surface area contributed by atoms with Crippen LogP contribution in [0.5, 0.6) is 0 Å². The molecule has 1 amide bonds. The van der Waals surface area contributed by atoms with Crippen molar-refractivity contribution in [2.24, 2.45) is 0 Å². The zero-order chi connectivity index (χ0) is 18.9. The lowest BCUT2D eigenvalue weighted by atomic mass is 10.2. The van der Waals surface area contributed by atoms with Gasteiger partial charge in [0.1, 0.15) is 6.10 Å². The smallest absolute Gasteiger partial charge is 0.414 e. The van der Waals surface area contributed by atoms with E-state index in [0.717, 1.165) is 16.8 Å². The molecule has 1 heterocycles. The Morgan fingerprint density at radius 3 is 2.58 bits per heavy atom. The standard InChI is InChI=1S/C19H22N2O4S/c1-13-5-4-6-16(9-13)21-12-17(25-19(21)22)11-20-26(23,24)18-10-14(2)7-8-15(18)3/h4-10,17,20H,11-12H2,1-3H3. The van der Waals surface area contributed by atoms with E-state index in [2.05, 4.69) is 4.72 Å². The number of rotatable bonds is 5. The number of carbonyl (C=O) groups excluding carboxylic acids is 1. The molecule has 0 aliphatic carbocycles. The number of nitrogens with zero attached hydrogens (tertiary/aromatic N) is 1. The first-order chi connectivity index (χ1) is 12.3. The average Bonchev–Trinajstić information content (AvgIpc) is 2.96. The van der Waals surface area contributed by atoms with Crippen LogP contribution < -0.4 is 9.62 Å². The molecule has 2 aromatic carbocycles. The summed E-state index contributed by atoms with van der Waals surface area (Å²) in [6, 6.07) is 12.8. The maximum atomic E-state index is 12.6. The van der Waals surface area contributed by atoms with E-state index in [1.807, 2.05) is 44.2 Å². The molecule has 0 bridgehead atoms. The number of hydrogen-bond donors (Lipinski definition) is 1. The molecular weight excluding hydrogens is 352 g/mol. The molecule has 2 aromatic rings. The minimum Gasteiger partial charge on any atom is -0.443 e. The first-order valence-corrected chi connectivity index (χ1v) is 9.86. The van der Waals surface area contributed by atoms with Gasteiger partial charge in [-0.05, 0) is 55.7 Å². The van der Waals surface area contributed by atoms with Crippen molar-refractivity contribution in [2.45, 2.75) is 31.8 Å². The number of hydrogen-bond acceptors (Lipinski definition) is 4. The molecule has 26 heavy (non-hydrogen) atoms. The molecular formula is C19H22N2O4S. The van der Waals surface area contributed by atoms with Crippen LogP contribution in [0, 0.1) is 20.8 Å². The number of amides is 1. The van der Waals surface area contributed by atoms with Crippen LogP contribution in [0.1, 0.15) is 16.7 Å². The molecule has 6 nitrogen and oxygen atoms in total. The monoisotopic (exact) mass is 374 g/mol. The number of anilines is 1. The molecule has 0 spiro atoms. The van der Waals surface area contributed by atoms with Crippen molar-refractivity contribution in [2.75, 3.05) is 18.0 Å². The van der Waals surface area contributed by atoms with Gasteiger partial charge in [0, 0.05) is 12.2 Å². The fourth-order valence-electron chi connectivity index (χ4n) is 2.91. The van der Waals surface area contributed by atoms with Crippen molar-refractivity contribution in [3.05, 3.63) is 59.2 Å². The Labute approximate surface area is 153 Å². The summed E-state index contributed by atoms with van der Waals surface area (Å²) in [5.74, 6) is 0. The van der Waals surface area contributed by atoms with Gasteiger partial charge in [-0.3, -0.25) is 4.90 Å². The van der Waals surface area contributed by atoms with Crippen LogP contribution in [-0.4, -0.2) is 33.7 Å². The largest absolute Gasteiger partial charge is 0.443 e. The lowest BCUT2D eigenvalue weighted by Crippen LogP contribution is -2.35. The Morgan fingerprint density at radius 1 is 1.12 bits per heavy atom. The number of carbonyl (C=O) groups is 1. The number of nitrogens with one attached hydrogen (secondary N) is 1. The first-order valence-electron chi connectivity index (χ1n) is 8.38. The van der Waals surface area contributed by atoms with Crippen molar-refractivity contribution in [3.63, 3.8) is 0 Å². The number of cyclic esters (lactones) is 1. The van der Waals surface area contributed by atoms with Crippen LogP contribution in [0.4, 0.5) is 10.5 Å². The van der Waals surface area contributed by atoms with Gasteiger partial charge in [-0.1, -0.05) is 24.3 Å². The second-order valence-corrected chi connectivity index (χ2v) is 8.31. The summed E-state index contributed by atoms with van der Waals surface area (Å²) in [6.07, 6.45) is -1.01. The van der Waals surface area contributed by atoms with Gasteiger partial charge >= 0.3 is 6.09 Å². The Morgan fingerprint density at radius 2 is 1.85 bits per heavy atom. The SMILES string of the molecule is Cc1cccc(N2CC(CNS(=O)(=O)c3cc(C)ccc3C)OC2=O)c1. The molecule has 0 radical (unpaired) electrons. The minimum absolute atomic E-state index is 0.0315. The lowest BCUT2D eigenvalue weighted by Gasteiger charge is -2.14. The molecule has 1 aliphatic rings. The highest BCUT2D eigenvalue weighted by Gasteiger charge is 2.33. The van der Waals surface area contributed by atoms with E-state index in [-0.39, 0.29) is 11.4 Å². The van der Waals surface area contributed by atoms with Crippen LogP contribution in [-0.2, 0) is 14.8 Å². The number of sulfonamides is 1. The molecule has 3 rings (SSSR count). The van der Waals surface area contributed by atoms with Gasteiger partial charge in [0.05, 0.1) is 11.4 Å². The number of aryl methyl sites for hydroxylation is 3. The van der Waals surface area contributed by atoms with Crippen molar-refractivity contribution in [1.29, 1.82) is 0 Å². The normalized spacial score (nSPS) is 17.4. The zero-order valence-corrected chi connectivity index (χ0v) is 15.8. The highest BCUT2D eigenvalue weighted by Crippen LogP contribution is 2.23. The molecule has 0 aromatic heterocycles. The summed E-state index contributed by atoms with van der Waals surface area (Å²) in [4.78, 5) is 13.9. The molecule has 1 saturated heterocycles. The highest BCUT2D eigenvalue weighted by molar-refractivity contribution is 7.89. The fourth-order valence-corrected chi connectivity index (χ4v) is 4.31. The number of ether oxygens (including phenoxy) is 1. The Hall–Kier alpha value is -2.38. The van der Waals surface area contributed by atoms with Gasteiger partial charge in [-0.2, -0.15) is 0 Å². The van der Waals surface area contributed by atoms with E-state index >= 15 is 0 Å². The van der Waals surface area contributed by atoms with Crippen molar-refractivity contribution >= 4 is 21.8 Å². The molecule has 1 fully saturated rings. The Balaban J connectivity index is 1.69. The average molecular weight is 374 g/mol. The van der Waals surface area contributed by atoms with E-state index < -0.39 is 22.2 Å². The van der Waals surface area contributed by atoms with Gasteiger partial charge < -0.3 is 4.74 Å². The van der Waals surface area contributed by atoms with Crippen molar-refractivity contribution in [3.8, 4) is 0 Å². The minimum atomic E-state index is -3.67. The van der Waals surface area contributed by atoms with Crippen molar-refractivity contribution in [1.82, 2.24) is 4.72 Å². The predicted molar refractivity (Wildman–Crippen MR) is 99.9 cm³/mol. The molecule has 138 valence electrons. The third kappa shape index (κ3) is 3.89. The topological polar surface area (TPSA) is 75.7 Å². The second kappa shape index (κ2) is 7.09. The van der Waals surface area contributed by atoms with Gasteiger partial charge in [-0.25, -0.2) is 17.9 Å². The quantitative estimate of drug-likeness (QED) is 0.873. The summed E-state index contributed by atoms with van der Waals surface area (Å²) in [5, 5.41) is 0. The fraction of sp³-hybridized carbons (Fsp3) is 0.316. The molecule has 7 heteroatoms.